The highest BCUT2D eigenvalue weighted by molar-refractivity contribution is 5.81. The van der Waals surface area contributed by atoms with Crippen LogP contribution in [0.25, 0.3) is 0 Å². The number of carboxylic acid groups (broad SMARTS) is 1. The minimum Gasteiger partial charge on any atom is -0.480 e. The highest BCUT2D eigenvalue weighted by Crippen LogP contribution is 2.27. The third-order valence-electron chi connectivity index (χ3n) is 3.66. The molecule has 104 valence electrons. The molecule has 0 heterocycles. The lowest BCUT2D eigenvalue weighted by molar-refractivity contribution is -0.144. The van der Waals surface area contributed by atoms with Crippen molar-refractivity contribution in [2.45, 2.75) is 58.3 Å². The van der Waals surface area contributed by atoms with Crippen LogP contribution in [-0.4, -0.2) is 35.0 Å². The van der Waals surface area contributed by atoms with Crippen molar-refractivity contribution in [2.75, 3.05) is 13.1 Å². The smallest absolute Gasteiger partial charge is 0.323 e. The van der Waals surface area contributed by atoms with Gasteiger partial charge in [0.2, 0.25) is 5.91 Å². The zero-order chi connectivity index (χ0) is 13.4. The van der Waals surface area contributed by atoms with E-state index in [1.165, 1.54) is 37.0 Å². The van der Waals surface area contributed by atoms with E-state index in [0.29, 0.717) is 18.9 Å². The van der Waals surface area contributed by atoms with Gasteiger partial charge in [-0.25, -0.2) is 0 Å². The molecule has 0 aromatic rings. The topological polar surface area (TPSA) is 57.6 Å². The van der Waals surface area contributed by atoms with Gasteiger partial charge in [-0.1, -0.05) is 39.0 Å². The number of hydrogen-bond donors (Lipinski definition) is 1. The molecule has 4 nitrogen and oxygen atoms in total. The average Bonchev–Trinajstić information content (AvgIpc) is 2.36. The maximum Gasteiger partial charge on any atom is 0.323 e. The summed E-state index contributed by atoms with van der Waals surface area (Å²) in [6, 6.07) is 0. The molecule has 1 amide bonds. The van der Waals surface area contributed by atoms with Crippen molar-refractivity contribution in [3.8, 4) is 0 Å². The van der Waals surface area contributed by atoms with Crippen LogP contribution in [0.5, 0.6) is 0 Å². The second kappa shape index (κ2) is 8.11. The minimum atomic E-state index is -0.922. The molecule has 0 radical (unpaired) electrons. The maximum atomic E-state index is 12.0. The summed E-state index contributed by atoms with van der Waals surface area (Å²) in [6.07, 6.45) is 8.61. The quantitative estimate of drug-likeness (QED) is 0.761. The van der Waals surface area contributed by atoms with E-state index < -0.39 is 5.97 Å². The summed E-state index contributed by atoms with van der Waals surface area (Å²) in [4.78, 5) is 24.2. The zero-order valence-corrected chi connectivity index (χ0v) is 11.4. The fourth-order valence-corrected chi connectivity index (χ4v) is 2.69. The fourth-order valence-electron chi connectivity index (χ4n) is 2.69. The van der Waals surface area contributed by atoms with Crippen molar-refractivity contribution >= 4 is 11.9 Å². The molecular formula is C14H25NO3. The van der Waals surface area contributed by atoms with Crippen LogP contribution in [0.3, 0.4) is 0 Å². The van der Waals surface area contributed by atoms with Gasteiger partial charge < -0.3 is 10.0 Å². The van der Waals surface area contributed by atoms with E-state index in [-0.39, 0.29) is 12.5 Å². The first-order valence-electron chi connectivity index (χ1n) is 7.13. The summed E-state index contributed by atoms with van der Waals surface area (Å²) >= 11 is 0. The van der Waals surface area contributed by atoms with Gasteiger partial charge in [-0.2, -0.15) is 0 Å². The number of hydrogen-bond acceptors (Lipinski definition) is 2. The summed E-state index contributed by atoms with van der Waals surface area (Å²) in [5.74, 6) is -0.240. The Morgan fingerprint density at radius 2 is 1.89 bits per heavy atom. The van der Waals surface area contributed by atoms with Gasteiger partial charge in [0.1, 0.15) is 6.54 Å². The van der Waals surface area contributed by atoms with Gasteiger partial charge in [-0.15, -0.1) is 0 Å². The Morgan fingerprint density at radius 1 is 1.22 bits per heavy atom. The Labute approximate surface area is 109 Å². The first kappa shape index (κ1) is 15.0. The molecule has 1 N–H and O–H groups in total. The van der Waals surface area contributed by atoms with Gasteiger partial charge in [0.15, 0.2) is 0 Å². The van der Waals surface area contributed by atoms with Crippen molar-refractivity contribution in [3.63, 3.8) is 0 Å². The molecule has 0 atom stereocenters. The third kappa shape index (κ3) is 5.52. The minimum absolute atomic E-state index is 0.00447. The van der Waals surface area contributed by atoms with Crippen LogP contribution in [0, 0.1) is 5.92 Å². The fraction of sp³-hybridized carbons (Fsp3) is 0.857. The van der Waals surface area contributed by atoms with Crippen LogP contribution in [0.15, 0.2) is 0 Å². The Balaban J connectivity index is 2.32. The maximum absolute atomic E-state index is 12.0. The Morgan fingerprint density at radius 3 is 2.44 bits per heavy atom. The molecule has 0 aliphatic heterocycles. The van der Waals surface area contributed by atoms with Gasteiger partial charge in [0, 0.05) is 13.0 Å². The molecule has 0 saturated heterocycles. The molecule has 18 heavy (non-hydrogen) atoms. The summed E-state index contributed by atoms with van der Waals surface area (Å²) in [7, 11) is 0. The highest BCUT2D eigenvalue weighted by Gasteiger charge is 2.19. The van der Waals surface area contributed by atoms with E-state index in [9.17, 15) is 9.59 Å². The first-order valence-corrected chi connectivity index (χ1v) is 7.13. The van der Waals surface area contributed by atoms with Crippen molar-refractivity contribution in [1.82, 2.24) is 4.90 Å². The van der Waals surface area contributed by atoms with Crippen molar-refractivity contribution in [1.29, 1.82) is 0 Å². The number of carboxylic acids is 1. The van der Waals surface area contributed by atoms with Crippen LogP contribution >= 0.6 is 0 Å². The standard InChI is InChI=1S/C14H25NO3/c1-2-10-15(11-14(17)18)13(16)9-8-12-6-4-3-5-7-12/h12H,2-11H2,1H3,(H,17,18). The van der Waals surface area contributed by atoms with E-state index >= 15 is 0 Å². The first-order chi connectivity index (χ1) is 8.63. The summed E-state index contributed by atoms with van der Waals surface area (Å²) in [5, 5.41) is 8.78. The van der Waals surface area contributed by atoms with Crippen molar-refractivity contribution in [2.24, 2.45) is 5.92 Å². The van der Waals surface area contributed by atoms with E-state index in [1.54, 1.807) is 0 Å². The van der Waals surface area contributed by atoms with Crippen LogP contribution in [0.2, 0.25) is 0 Å². The van der Waals surface area contributed by atoms with E-state index in [2.05, 4.69) is 0 Å². The van der Waals surface area contributed by atoms with Gasteiger partial charge in [0.05, 0.1) is 0 Å². The van der Waals surface area contributed by atoms with Gasteiger partial charge in [0.25, 0.3) is 0 Å². The predicted octanol–water partition coefficient (Wildman–Crippen LogP) is 2.67. The largest absolute Gasteiger partial charge is 0.480 e. The van der Waals surface area contributed by atoms with Crippen molar-refractivity contribution < 1.29 is 14.7 Å². The third-order valence-corrected chi connectivity index (χ3v) is 3.66. The van der Waals surface area contributed by atoms with Gasteiger partial charge in [-0.05, 0) is 18.8 Å². The second-order valence-corrected chi connectivity index (χ2v) is 5.25. The number of carbonyl (C=O) groups excluding carboxylic acids is 1. The lowest BCUT2D eigenvalue weighted by Gasteiger charge is -2.24. The van der Waals surface area contributed by atoms with E-state index in [1.807, 2.05) is 6.92 Å². The summed E-state index contributed by atoms with van der Waals surface area (Å²) in [6.45, 7) is 2.36. The molecule has 0 unspecified atom stereocenters. The normalized spacial score (nSPS) is 16.5. The molecule has 1 fully saturated rings. The molecule has 1 aliphatic carbocycles. The van der Waals surface area contributed by atoms with Gasteiger partial charge in [-0.3, -0.25) is 9.59 Å². The lowest BCUT2D eigenvalue weighted by Crippen LogP contribution is -2.36. The number of rotatable bonds is 7. The van der Waals surface area contributed by atoms with Crippen LogP contribution in [0.1, 0.15) is 58.3 Å². The van der Waals surface area contributed by atoms with Crippen LogP contribution in [-0.2, 0) is 9.59 Å². The highest BCUT2D eigenvalue weighted by atomic mass is 16.4. The van der Waals surface area contributed by atoms with Crippen LogP contribution in [0.4, 0.5) is 0 Å². The van der Waals surface area contributed by atoms with Crippen LogP contribution < -0.4 is 0 Å². The number of carbonyl (C=O) groups is 2. The zero-order valence-electron chi connectivity index (χ0n) is 11.4. The van der Waals surface area contributed by atoms with E-state index in [0.717, 1.165) is 12.8 Å². The Hall–Kier alpha value is -1.06. The Kier molecular flexibility index (Phi) is 6.76. The molecular weight excluding hydrogens is 230 g/mol. The van der Waals surface area contributed by atoms with Gasteiger partial charge >= 0.3 is 5.97 Å². The van der Waals surface area contributed by atoms with E-state index in [4.69, 9.17) is 5.11 Å². The Bertz CT molecular complexity index is 272. The molecule has 0 bridgehead atoms. The monoisotopic (exact) mass is 255 g/mol. The number of aliphatic carboxylic acids is 1. The molecule has 1 aliphatic rings. The summed E-state index contributed by atoms with van der Waals surface area (Å²) < 4.78 is 0. The predicted molar refractivity (Wildman–Crippen MR) is 70.3 cm³/mol. The van der Waals surface area contributed by atoms with Crippen molar-refractivity contribution in [3.05, 3.63) is 0 Å². The molecule has 0 spiro atoms. The lowest BCUT2D eigenvalue weighted by atomic mass is 9.86. The molecule has 1 saturated carbocycles. The summed E-state index contributed by atoms with van der Waals surface area (Å²) in [5.41, 5.74) is 0. The number of amides is 1. The molecule has 4 heteroatoms. The number of nitrogens with zero attached hydrogens (tertiary/aromatic N) is 1. The second-order valence-electron chi connectivity index (χ2n) is 5.25. The SMILES string of the molecule is CCCN(CC(=O)O)C(=O)CCC1CCCCC1. The molecule has 0 aromatic carbocycles. The molecule has 0 aromatic heterocycles. The average molecular weight is 255 g/mol. The molecule has 1 rings (SSSR count).